The van der Waals surface area contributed by atoms with Crippen molar-refractivity contribution in [2.45, 2.75) is 56.3 Å². The second-order valence-electron chi connectivity index (χ2n) is 11.1. The zero-order chi connectivity index (χ0) is 32.4. The lowest BCUT2D eigenvalue weighted by molar-refractivity contribution is -0.137. The number of halogens is 1. The first-order chi connectivity index (χ1) is 21.7. The number of fused-ring (bicyclic) bond motifs is 1. The average molecular weight is 623 g/mol. The van der Waals surface area contributed by atoms with Crippen molar-refractivity contribution in [2.24, 2.45) is 5.73 Å². The smallest absolute Gasteiger partial charge is 0.304 e. The van der Waals surface area contributed by atoms with Crippen LogP contribution in [0.2, 0.25) is 0 Å². The fourth-order valence-corrected chi connectivity index (χ4v) is 5.14. The second kappa shape index (κ2) is 15.8. The molecular weight excluding hydrogens is 583 g/mol. The summed E-state index contributed by atoms with van der Waals surface area (Å²) in [7, 11) is 0. The van der Waals surface area contributed by atoms with Gasteiger partial charge in [0, 0.05) is 29.8 Å². The lowest BCUT2D eigenvalue weighted by Gasteiger charge is -2.20. The predicted molar refractivity (Wildman–Crippen MR) is 164 cm³/mol. The summed E-state index contributed by atoms with van der Waals surface area (Å²) in [5, 5.41) is 34.2. The zero-order valence-electron chi connectivity index (χ0n) is 25.1. The van der Waals surface area contributed by atoms with Gasteiger partial charge in [-0.15, -0.1) is 5.92 Å². The van der Waals surface area contributed by atoms with Crippen LogP contribution < -0.4 is 15.2 Å². The summed E-state index contributed by atoms with van der Waals surface area (Å²) in [6.45, 7) is 1.77. The van der Waals surface area contributed by atoms with Gasteiger partial charge in [0.05, 0.1) is 50.9 Å². The fraction of sp³-hybridized carbons (Fsp3) is 0.412. The number of aliphatic hydroxyl groups is 3. The standard InChI is InChI=1S/C30H28FNO5.C4H11NO3/c1-2-3-20(16-29(33)34)19-4-7-22(8-5-19)36-27-12-10-25-24(9-11-26(31)30(25)27)21-6-13-28(32-17-21)37-23-14-15-35-18-23;5-4(1-6,2-7)3-8/h4-9,11,13,17,20,23,27H,10,12,14-16,18H2,1H3,(H,33,34);6-8H,1-3,5H2/t20?,23-,27-;/m1./s1. The minimum Gasteiger partial charge on any atom is -0.486 e. The molecule has 10 nitrogen and oxygen atoms in total. The van der Waals surface area contributed by atoms with Crippen LogP contribution >= 0.6 is 0 Å². The highest BCUT2D eigenvalue weighted by molar-refractivity contribution is 5.70. The van der Waals surface area contributed by atoms with Crippen molar-refractivity contribution < 1.29 is 43.8 Å². The van der Waals surface area contributed by atoms with Crippen LogP contribution in [0.3, 0.4) is 0 Å². The maximum atomic E-state index is 15.0. The van der Waals surface area contributed by atoms with Gasteiger partial charge in [-0.25, -0.2) is 9.37 Å². The van der Waals surface area contributed by atoms with Gasteiger partial charge in [-0.2, -0.15) is 0 Å². The van der Waals surface area contributed by atoms with Crippen LogP contribution in [0, 0.1) is 17.7 Å². The van der Waals surface area contributed by atoms with Crippen molar-refractivity contribution >= 4 is 5.97 Å². The van der Waals surface area contributed by atoms with E-state index in [4.69, 9.17) is 40.4 Å². The molecule has 2 heterocycles. The number of aliphatic carboxylic acids is 1. The van der Waals surface area contributed by atoms with Crippen LogP contribution in [0.5, 0.6) is 11.6 Å². The Hall–Kier alpha value is -4.05. The molecule has 5 rings (SSSR count). The number of hydrogen-bond donors (Lipinski definition) is 5. The fourth-order valence-electron chi connectivity index (χ4n) is 5.14. The molecule has 0 radical (unpaired) electrons. The molecular formula is C34H39FN2O8. The quantitative estimate of drug-likeness (QED) is 0.200. The second-order valence-corrected chi connectivity index (χ2v) is 11.1. The van der Waals surface area contributed by atoms with E-state index in [1.165, 1.54) is 6.07 Å². The molecule has 0 amide bonds. The van der Waals surface area contributed by atoms with E-state index in [0.29, 0.717) is 43.2 Å². The minimum absolute atomic E-state index is 0.0306. The molecule has 1 aliphatic carbocycles. The largest absolute Gasteiger partial charge is 0.486 e. The number of nitrogens with zero attached hydrogens (tertiary/aromatic N) is 1. The van der Waals surface area contributed by atoms with Gasteiger partial charge in [-0.1, -0.05) is 24.1 Å². The minimum atomic E-state index is -1.21. The van der Waals surface area contributed by atoms with E-state index >= 15 is 4.39 Å². The van der Waals surface area contributed by atoms with Crippen LogP contribution in [0.25, 0.3) is 11.1 Å². The molecule has 6 N–H and O–H groups in total. The molecule has 3 atom stereocenters. The first-order valence-electron chi connectivity index (χ1n) is 14.7. The van der Waals surface area contributed by atoms with E-state index in [0.717, 1.165) is 28.7 Å². The SMILES string of the molecule is CC#CC(CC(=O)O)c1ccc(O[C@@H]2CCc3c(-c4ccc(O[C@@H]5CCOC5)nc4)ccc(F)c32)cc1.NC(CO)(CO)CO. The molecule has 1 fully saturated rings. The maximum Gasteiger partial charge on any atom is 0.304 e. The number of carbonyl (C=O) groups is 1. The number of rotatable bonds is 11. The summed E-state index contributed by atoms with van der Waals surface area (Å²) in [4.78, 5) is 15.6. The Morgan fingerprint density at radius 3 is 2.38 bits per heavy atom. The van der Waals surface area contributed by atoms with Crippen LogP contribution in [0.15, 0.2) is 54.7 Å². The molecule has 1 aliphatic heterocycles. The zero-order valence-corrected chi connectivity index (χ0v) is 25.1. The molecule has 2 aromatic carbocycles. The number of aliphatic hydroxyl groups excluding tert-OH is 3. The number of carboxylic acid groups (broad SMARTS) is 1. The average Bonchev–Trinajstić information content (AvgIpc) is 3.72. The van der Waals surface area contributed by atoms with E-state index in [1.54, 1.807) is 31.3 Å². The van der Waals surface area contributed by atoms with Crippen LogP contribution in [-0.4, -0.2) is 76.1 Å². The normalized spacial score (nSPS) is 17.7. The van der Waals surface area contributed by atoms with E-state index in [2.05, 4.69) is 16.8 Å². The number of aromatic nitrogens is 1. The Bertz CT molecular complexity index is 1470. The summed E-state index contributed by atoms with van der Waals surface area (Å²) in [6.07, 6.45) is 3.52. The van der Waals surface area contributed by atoms with Crippen LogP contribution in [0.1, 0.15) is 54.9 Å². The number of benzene rings is 2. The van der Waals surface area contributed by atoms with E-state index in [1.807, 2.05) is 24.3 Å². The molecule has 11 heteroatoms. The van der Waals surface area contributed by atoms with Crippen molar-refractivity contribution in [3.05, 3.63) is 77.2 Å². The third-order valence-corrected chi connectivity index (χ3v) is 7.71. The van der Waals surface area contributed by atoms with Crippen molar-refractivity contribution in [1.82, 2.24) is 4.98 Å². The lowest BCUT2D eigenvalue weighted by atomic mass is 9.96. The summed E-state index contributed by atoms with van der Waals surface area (Å²) < 4.78 is 32.4. The number of ether oxygens (including phenoxy) is 3. The van der Waals surface area contributed by atoms with Crippen molar-refractivity contribution in [3.8, 4) is 34.6 Å². The molecule has 240 valence electrons. The van der Waals surface area contributed by atoms with Gasteiger partial charge >= 0.3 is 5.97 Å². The number of nitrogens with two attached hydrogens (primary N) is 1. The summed E-state index contributed by atoms with van der Waals surface area (Å²) >= 11 is 0. The number of hydrogen-bond acceptors (Lipinski definition) is 9. The van der Waals surface area contributed by atoms with Gasteiger partial charge in [0.15, 0.2) is 0 Å². The molecule has 0 bridgehead atoms. The molecule has 0 spiro atoms. The van der Waals surface area contributed by atoms with Gasteiger partial charge in [0.1, 0.15) is 23.8 Å². The van der Waals surface area contributed by atoms with Gasteiger partial charge in [-0.3, -0.25) is 4.79 Å². The Labute approximate surface area is 261 Å². The number of carboxylic acids is 1. The van der Waals surface area contributed by atoms with Crippen molar-refractivity contribution in [1.29, 1.82) is 0 Å². The molecule has 3 aromatic rings. The summed E-state index contributed by atoms with van der Waals surface area (Å²) in [5.74, 6) is 5.32. The van der Waals surface area contributed by atoms with Crippen LogP contribution in [0.4, 0.5) is 4.39 Å². The first-order valence-corrected chi connectivity index (χ1v) is 14.7. The topological polar surface area (TPSA) is 165 Å². The highest BCUT2D eigenvalue weighted by atomic mass is 19.1. The van der Waals surface area contributed by atoms with E-state index in [9.17, 15) is 4.79 Å². The summed E-state index contributed by atoms with van der Waals surface area (Å²) in [5.41, 5.74) is 8.09. The first kappa shape index (κ1) is 33.8. The molecule has 45 heavy (non-hydrogen) atoms. The molecule has 2 aliphatic rings. The van der Waals surface area contributed by atoms with Crippen LogP contribution in [-0.2, 0) is 16.0 Å². The Kier molecular flexibility index (Phi) is 11.9. The highest BCUT2D eigenvalue weighted by Crippen LogP contribution is 2.42. The third-order valence-electron chi connectivity index (χ3n) is 7.71. The van der Waals surface area contributed by atoms with Crippen molar-refractivity contribution in [2.75, 3.05) is 33.0 Å². The Morgan fingerprint density at radius 2 is 1.82 bits per heavy atom. The van der Waals surface area contributed by atoms with Gasteiger partial charge in [-0.05, 0) is 60.7 Å². The van der Waals surface area contributed by atoms with Gasteiger partial charge in [0.2, 0.25) is 5.88 Å². The predicted octanol–water partition coefficient (Wildman–Crippen LogP) is 3.36. The molecule has 0 saturated carbocycles. The van der Waals surface area contributed by atoms with Crippen molar-refractivity contribution in [3.63, 3.8) is 0 Å². The molecule has 1 aromatic heterocycles. The monoisotopic (exact) mass is 622 g/mol. The van der Waals surface area contributed by atoms with Gasteiger partial charge in [0.25, 0.3) is 0 Å². The highest BCUT2D eigenvalue weighted by Gasteiger charge is 2.30. The van der Waals surface area contributed by atoms with Gasteiger partial charge < -0.3 is 40.4 Å². The number of pyridine rings is 1. The Morgan fingerprint density at radius 1 is 1.09 bits per heavy atom. The van der Waals surface area contributed by atoms with E-state index in [-0.39, 0.29) is 24.3 Å². The van der Waals surface area contributed by atoms with E-state index < -0.39 is 37.4 Å². The maximum absolute atomic E-state index is 15.0. The molecule has 1 saturated heterocycles. The lowest BCUT2D eigenvalue weighted by Crippen LogP contribution is -2.50. The Balaban J connectivity index is 0.000000510. The summed E-state index contributed by atoms with van der Waals surface area (Å²) in [6, 6.07) is 14.3. The molecule has 1 unspecified atom stereocenters. The third kappa shape index (κ3) is 8.78.